The van der Waals surface area contributed by atoms with Gasteiger partial charge in [0.25, 0.3) is 5.56 Å². The highest BCUT2D eigenvalue weighted by Crippen LogP contribution is 2.21. The van der Waals surface area contributed by atoms with Crippen molar-refractivity contribution in [3.05, 3.63) is 50.5 Å². The van der Waals surface area contributed by atoms with Crippen molar-refractivity contribution in [1.82, 2.24) is 9.55 Å². The molecule has 0 saturated carbocycles. The van der Waals surface area contributed by atoms with E-state index in [1.54, 1.807) is 0 Å². The Morgan fingerprint density at radius 3 is 2.54 bits per heavy atom. The monoisotopic (exact) mass is 375 g/mol. The van der Waals surface area contributed by atoms with Crippen molar-refractivity contribution in [3.8, 4) is 11.6 Å². The first-order valence-electron chi connectivity index (χ1n) is 8.78. The third kappa shape index (κ3) is 4.89. The topological polar surface area (TPSA) is 74.8 Å². The van der Waals surface area contributed by atoms with Gasteiger partial charge in [-0.15, -0.1) is 0 Å². The molecule has 0 bridgehead atoms. The molecule has 3 N–H and O–H groups in total. The van der Waals surface area contributed by atoms with E-state index < -0.39 is 5.56 Å². The zero-order chi connectivity index (χ0) is 19.3. The third-order valence-corrected chi connectivity index (χ3v) is 4.41. The molecule has 2 aromatic rings. The first-order chi connectivity index (χ1) is 12.3. The van der Waals surface area contributed by atoms with Crippen LogP contribution in [0.15, 0.2) is 34.1 Å². The fourth-order valence-electron chi connectivity index (χ4n) is 2.58. The van der Waals surface area contributed by atoms with E-state index in [-0.39, 0.29) is 16.2 Å². The highest BCUT2D eigenvalue weighted by Gasteiger charge is 2.12. The molecule has 6 nitrogen and oxygen atoms in total. The van der Waals surface area contributed by atoms with Crippen LogP contribution in [0.3, 0.4) is 0 Å². The molecule has 0 fully saturated rings. The number of aliphatic imine (C=N–C) groups is 1. The Morgan fingerprint density at radius 1 is 1.31 bits per heavy atom. The van der Waals surface area contributed by atoms with Gasteiger partial charge < -0.3 is 10.0 Å². The van der Waals surface area contributed by atoms with E-state index in [0.29, 0.717) is 18.2 Å². The molecule has 0 saturated heterocycles. The van der Waals surface area contributed by atoms with Crippen molar-refractivity contribution in [2.75, 3.05) is 27.2 Å². The van der Waals surface area contributed by atoms with Gasteiger partial charge >= 0.3 is 0 Å². The van der Waals surface area contributed by atoms with Gasteiger partial charge in [-0.3, -0.25) is 19.3 Å². The number of nitrogens with one attached hydrogen (secondary N) is 2. The summed E-state index contributed by atoms with van der Waals surface area (Å²) in [7, 11) is 4.16. The first-order valence-corrected chi connectivity index (χ1v) is 9.19. The Hall–Kier alpha value is -2.25. The van der Waals surface area contributed by atoms with Gasteiger partial charge in [-0.25, -0.2) is 0 Å². The van der Waals surface area contributed by atoms with Crippen molar-refractivity contribution in [2.45, 2.75) is 26.2 Å². The molecule has 7 heteroatoms. The molecule has 0 unspecified atom stereocenters. The molecule has 1 aromatic carbocycles. The molecule has 0 aliphatic heterocycles. The smallest absolute Gasteiger partial charge is 0.264 e. The van der Waals surface area contributed by atoms with Crippen LogP contribution in [-0.2, 0) is 0 Å². The minimum Gasteiger partial charge on any atom is -0.494 e. The summed E-state index contributed by atoms with van der Waals surface area (Å²) in [6.45, 7) is 5.82. The second-order valence-corrected chi connectivity index (χ2v) is 7.31. The standard InChI is InChI=1S/C19H26N4O2S/c1-13(2)14-6-8-15(9-7-14)23-18(25)16(17(24)21-19(23)26)12-20-10-5-11-22(3)4/h6-9,12-13,25H,5,10-11H2,1-4H3,(H,21,24,26)/p+1. The number of aromatic nitrogens is 2. The lowest BCUT2D eigenvalue weighted by molar-refractivity contribution is -0.858. The second kappa shape index (κ2) is 8.91. The molecular weight excluding hydrogens is 348 g/mol. The number of aromatic hydroxyl groups is 1. The number of hydrogen-bond acceptors (Lipinski definition) is 4. The molecule has 26 heavy (non-hydrogen) atoms. The number of hydrogen-bond donors (Lipinski definition) is 3. The van der Waals surface area contributed by atoms with E-state index in [4.69, 9.17) is 12.2 Å². The minimum atomic E-state index is -0.440. The van der Waals surface area contributed by atoms with Crippen LogP contribution in [0.1, 0.15) is 37.3 Å². The predicted molar refractivity (Wildman–Crippen MR) is 108 cm³/mol. The van der Waals surface area contributed by atoms with E-state index in [0.717, 1.165) is 13.0 Å². The van der Waals surface area contributed by atoms with Gasteiger partial charge in [-0.1, -0.05) is 26.0 Å². The molecule has 0 atom stereocenters. The number of H-pyrrole nitrogens is 1. The molecule has 2 rings (SSSR count). The summed E-state index contributed by atoms with van der Waals surface area (Å²) in [5, 5.41) is 10.6. The lowest BCUT2D eigenvalue weighted by Crippen LogP contribution is -3.05. The highest BCUT2D eigenvalue weighted by molar-refractivity contribution is 7.71. The number of rotatable bonds is 7. The van der Waals surface area contributed by atoms with Crippen molar-refractivity contribution < 1.29 is 10.0 Å². The molecular formula is C19H27N4O2S+. The SMILES string of the molecule is CC(C)c1ccc(-n2c(O)c(C=NCCC[NH+](C)C)c(=O)[nH]c2=S)cc1. The molecule has 1 heterocycles. The third-order valence-electron chi connectivity index (χ3n) is 4.12. The summed E-state index contributed by atoms with van der Waals surface area (Å²) < 4.78 is 1.60. The maximum Gasteiger partial charge on any atom is 0.264 e. The van der Waals surface area contributed by atoms with Gasteiger partial charge in [0.1, 0.15) is 5.56 Å². The Balaban J connectivity index is 2.35. The van der Waals surface area contributed by atoms with Crippen molar-refractivity contribution in [3.63, 3.8) is 0 Å². The zero-order valence-corrected chi connectivity index (χ0v) is 16.6. The van der Waals surface area contributed by atoms with Crippen molar-refractivity contribution in [1.29, 1.82) is 0 Å². The minimum absolute atomic E-state index is 0.115. The number of benzene rings is 1. The van der Waals surface area contributed by atoms with Crippen molar-refractivity contribution >= 4 is 18.4 Å². The average molecular weight is 376 g/mol. The molecule has 0 aliphatic rings. The average Bonchev–Trinajstić information content (AvgIpc) is 2.57. The number of aromatic amines is 1. The molecule has 0 amide bonds. The lowest BCUT2D eigenvalue weighted by Gasteiger charge is -2.12. The van der Waals surface area contributed by atoms with Gasteiger partial charge in [0.2, 0.25) is 5.88 Å². The number of nitrogens with zero attached hydrogens (tertiary/aromatic N) is 2. The molecule has 0 aliphatic carbocycles. The summed E-state index contributed by atoms with van der Waals surface area (Å²) in [6.07, 6.45) is 2.33. The zero-order valence-electron chi connectivity index (χ0n) is 15.7. The Morgan fingerprint density at radius 2 is 1.96 bits per heavy atom. The van der Waals surface area contributed by atoms with Gasteiger partial charge in [-0.05, 0) is 35.8 Å². The van der Waals surface area contributed by atoms with Crippen LogP contribution in [0.2, 0.25) is 0 Å². The maximum absolute atomic E-state index is 12.2. The quantitative estimate of drug-likeness (QED) is 0.392. The van der Waals surface area contributed by atoms with E-state index in [9.17, 15) is 9.90 Å². The van der Waals surface area contributed by atoms with Crippen LogP contribution in [0.4, 0.5) is 0 Å². The first kappa shape index (κ1) is 20.1. The van der Waals surface area contributed by atoms with Gasteiger partial charge in [0.15, 0.2) is 4.77 Å². The lowest BCUT2D eigenvalue weighted by atomic mass is 10.0. The normalized spacial score (nSPS) is 11.8. The van der Waals surface area contributed by atoms with E-state index in [1.165, 1.54) is 21.2 Å². The Labute approximate surface area is 158 Å². The van der Waals surface area contributed by atoms with E-state index in [2.05, 4.69) is 37.9 Å². The largest absolute Gasteiger partial charge is 0.494 e. The van der Waals surface area contributed by atoms with Gasteiger partial charge in [0, 0.05) is 19.2 Å². The van der Waals surface area contributed by atoms with Crippen molar-refractivity contribution in [2.24, 2.45) is 4.99 Å². The molecule has 0 radical (unpaired) electrons. The summed E-state index contributed by atoms with van der Waals surface area (Å²) in [5.74, 6) is 0.214. The van der Waals surface area contributed by atoms with E-state index >= 15 is 0 Å². The predicted octanol–water partition coefficient (Wildman–Crippen LogP) is 1.68. The molecule has 0 spiro atoms. The van der Waals surface area contributed by atoms with Crippen LogP contribution in [0.25, 0.3) is 5.69 Å². The van der Waals surface area contributed by atoms with Crippen LogP contribution in [0.5, 0.6) is 5.88 Å². The summed E-state index contributed by atoms with van der Waals surface area (Å²) >= 11 is 5.24. The van der Waals surface area contributed by atoms with Crippen LogP contribution >= 0.6 is 12.2 Å². The number of quaternary nitrogens is 1. The van der Waals surface area contributed by atoms with E-state index in [1.807, 2.05) is 24.3 Å². The summed E-state index contributed by atoms with van der Waals surface area (Å²) in [5.41, 5.74) is 1.56. The Bertz CT molecular complexity index is 880. The fraction of sp³-hybridized carbons (Fsp3) is 0.421. The maximum atomic E-state index is 12.2. The summed E-state index contributed by atoms with van der Waals surface area (Å²) in [6, 6.07) is 7.74. The van der Waals surface area contributed by atoms with Crippen LogP contribution in [-0.4, -0.2) is 48.1 Å². The fourth-order valence-corrected chi connectivity index (χ4v) is 2.87. The van der Waals surface area contributed by atoms with Crippen LogP contribution < -0.4 is 10.5 Å². The second-order valence-electron chi connectivity index (χ2n) is 6.92. The Kier molecular flexibility index (Phi) is 6.88. The van der Waals surface area contributed by atoms with Crippen LogP contribution in [0, 0.1) is 4.77 Å². The molecule has 140 valence electrons. The molecule has 1 aromatic heterocycles. The highest BCUT2D eigenvalue weighted by atomic mass is 32.1. The van der Waals surface area contributed by atoms with Gasteiger partial charge in [0.05, 0.1) is 26.3 Å². The summed E-state index contributed by atoms with van der Waals surface area (Å²) in [4.78, 5) is 20.4. The van der Waals surface area contributed by atoms with Gasteiger partial charge in [-0.2, -0.15) is 0 Å².